The van der Waals surface area contributed by atoms with Crippen LogP contribution in [0, 0.1) is 0 Å². The van der Waals surface area contributed by atoms with Crippen LogP contribution in [0.4, 0.5) is 0 Å². The number of H-pyrrole nitrogens is 1. The molecule has 176 valence electrons. The van der Waals surface area contributed by atoms with Crippen molar-refractivity contribution >= 4 is 42.3 Å². The number of carbonyl (C=O) groups is 1. The predicted octanol–water partition coefficient (Wildman–Crippen LogP) is 4.03. The van der Waals surface area contributed by atoms with Crippen LogP contribution in [0.3, 0.4) is 0 Å². The first kappa shape index (κ1) is 24.3. The summed E-state index contributed by atoms with van der Waals surface area (Å²) in [6.07, 6.45) is 7.46. The first-order valence-corrected chi connectivity index (χ1v) is 12.4. The number of phosphoric ester groups is 1. The minimum Gasteiger partial charge on any atom is -0.360 e. The lowest BCUT2D eigenvalue weighted by molar-refractivity contribution is 0.0922. The molecule has 1 aliphatic rings. The molecule has 0 bridgehead atoms. The smallest absolute Gasteiger partial charge is 0.360 e. The molecule has 10 heteroatoms. The fraction of sp³-hybridized carbons (Fsp3) is 0.208. The number of ketones is 1. The highest BCUT2D eigenvalue weighted by atomic mass is 35.5. The van der Waals surface area contributed by atoms with Crippen LogP contribution in [0.5, 0.6) is 0 Å². The van der Waals surface area contributed by atoms with Crippen molar-refractivity contribution in [3.63, 3.8) is 0 Å². The number of fused-ring (bicyclic) bond motifs is 1. The Bertz CT molecular complexity index is 1380. The van der Waals surface area contributed by atoms with E-state index in [0.29, 0.717) is 28.8 Å². The van der Waals surface area contributed by atoms with Gasteiger partial charge in [-0.3, -0.25) is 19.1 Å². The number of nitrogens with one attached hydrogen (secondary N) is 1. The van der Waals surface area contributed by atoms with Crippen LogP contribution in [-0.2, 0) is 21.9 Å². The molecule has 34 heavy (non-hydrogen) atoms. The number of hydrogen-bond acceptors (Lipinski definition) is 5. The molecule has 8 nitrogen and oxygen atoms in total. The summed E-state index contributed by atoms with van der Waals surface area (Å²) in [7, 11) is -4.51. The van der Waals surface area contributed by atoms with E-state index in [9.17, 15) is 14.2 Å². The van der Waals surface area contributed by atoms with E-state index >= 15 is 0 Å². The van der Waals surface area contributed by atoms with Crippen molar-refractivity contribution in [2.45, 2.75) is 24.8 Å². The average Bonchev–Trinajstić information content (AvgIpc) is 3.27. The van der Waals surface area contributed by atoms with Crippen LogP contribution in [0.15, 0.2) is 70.6 Å². The fourth-order valence-electron chi connectivity index (χ4n) is 3.94. The normalized spacial score (nSPS) is 17.5. The molecule has 0 saturated heterocycles. The second-order valence-corrected chi connectivity index (χ2v) is 9.71. The van der Waals surface area contributed by atoms with Crippen molar-refractivity contribution in [3.8, 4) is 0 Å². The summed E-state index contributed by atoms with van der Waals surface area (Å²) in [6.45, 7) is -0.116. The van der Waals surface area contributed by atoms with Crippen LogP contribution in [0.25, 0.3) is 10.9 Å². The Morgan fingerprint density at radius 1 is 1.15 bits per heavy atom. The SMILES string of the molecule is O=C(c1c[nH]c2ccc(CCCOP(=O)(O)O)cc2c1=O)C1(Cc2ccc(Cl)cc2)C=CC=N1. The monoisotopic (exact) mass is 500 g/mol. The maximum absolute atomic E-state index is 13.6. The van der Waals surface area contributed by atoms with Crippen molar-refractivity contribution in [2.75, 3.05) is 6.61 Å². The quantitative estimate of drug-likeness (QED) is 0.231. The number of rotatable bonds is 9. The summed E-state index contributed by atoms with van der Waals surface area (Å²) >= 11 is 5.97. The second kappa shape index (κ2) is 9.78. The summed E-state index contributed by atoms with van der Waals surface area (Å²) in [5, 5.41) is 0.941. The van der Waals surface area contributed by atoms with E-state index in [-0.39, 0.29) is 18.6 Å². The molecule has 0 amide bonds. The van der Waals surface area contributed by atoms with Crippen LogP contribution >= 0.6 is 19.4 Å². The molecule has 1 unspecified atom stereocenters. The van der Waals surface area contributed by atoms with E-state index in [1.54, 1.807) is 42.6 Å². The maximum atomic E-state index is 13.6. The van der Waals surface area contributed by atoms with Gasteiger partial charge in [-0.15, -0.1) is 0 Å². The van der Waals surface area contributed by atoms with E-state index in [0.717, 1.165) is 11.1 Å². The lowest BCUT2D eigenvalue weighted by Gasteiger charge is -2.23. The fourth-order valence-corrected chi connectivity index (χ4v) is 4.43. The number of halogens is 1. The van der Waals surface area contributed by atoms with Crippen molar-refractivity contribution in [1.82, 2.24) is 4.98 Å². The summed E-state index contributed by atoms with van der Waals surface area (Å²) in [6, 6.07) is 12.4. The van der Waals surface area contributed by atoms with Crippen molar-refractivity contribution in [1.29, 1.82) is 0 Å². The first-order chi connectivity index (χ1) is 16.2. The third-order valence-corrected chi connectivity index (χ3v) is 6.37. The summed E-state index contributed by atoms with van der Waals surface area (Å²) in [4.78, 5) is 51.9. The average molecular weight is 501 g/mol. The largest absolute Gasteiger partial charge is 0.469 e. The molecule has 0 fully saturated rings. The highest BCUT2D eigenvalue weighted by molar-refractivity contribution is 7.46. The van der Waals surface area contributed by atoms with Gasteiger partial charge < -0.3 is 14.8 Å². The van der Waals surface area contributed by atoms with Gasteiger partial charge in [-0.1, -0.05) is 29.8 Å². The van der Waals surface area contributed by atoms with Crippen molar-refractivity contribution < 1.29 is 23.7 Å². The Morgan fingerprint density at radius 2 is 1.88 bits per heavy atom. The zero-order chi connectivity index (χ0) is 24.3. The number of aliphatic imine (C=N–C) groups is 1. The van der Waals surface area contributed by atoms with E-state index < -0.39 is 24.6 Å². The topological polar surface area (TPSA) is 129 Å². The standard InChI is InChI=1S/C24H22ClN2O6P/c25-18-7-4-17(5-8-18)14-24(10-2-11-27-24)23(29)20-15-26-21-9-6-16(13-19(21)22(20)28)3-1-12-33-34(30,31)32/h2,4-11,13,15H,1,3,12,14H2,(H,26,28)(H2,30,31,32). The lowest BCUT2D eigenvalue weighted by Crippen LogP contribution is -2.38. The van der Waals surface area contributed by atoms with Gasteiger partial charge in [0.15, 0.2) is 11.2 Å². The number of pyridine rings is 1. The minimum atomic E-state index is -4.51. The first-order valence-electron chi connectivity index (χ1n) is 10.5. The molecule has 0 saturated carbocycles. The molecule has 3 N–H and O–H groups in total. The molecule has 0 spiro atoms. The zero-order valence-electron chi connectivity index (χ0n) is 18.0. The van der Waals surface area contributed by atoms with Gasteiger partial charge in [-0.05, 0) is 60.4 Å². The third kappa shape index (κ3) is 5.43. The molecule has 1 aromatic heterocycles. The molecule has 2 aromatic carbocycles. The van der Waals surface area contributed by atoms with Gasteiger partial charge >= 0.3 is 7.82 Å². The van der Waals surface area contributed by atoms with Gasteiger partial charge in [0.2, 0.25) is 0 Å². The van der Waals surface area contributed by atoms with E-state index in [1.165, 1.54) is 6.20 Å². The highest BCUT2D eigenvalue weighted by Gasteiger charge is 2.39. The number of carbonyl (C=O) groups excluding carboxylic acids is 1. The van der Waals surface area contributed by atoms with Crippen molar-refractivity contribution in [3.05, 3.63) is 92.7 Å². The number of aromatic amines is 1. The molecular formula is C24H22ClN2O6P. The number of phosphoric acid groups is 1. The molecule has 2 heterocycles. The number of aromatic nitrogens is 1. The van der Waals surface area contributed by atoms with Gasteiger partial charge in [0, 0.05) is 34.8 Å². The highest BCUT2D eigenvalue weighted by Crippen LogP contribution is 2.35. The van der Waals surface area contributed by atoms with Gasteiger partial charge in [0.25, 0.3) is 0 Å². The van der Waals surface area contributed by atoms with Gasteiger partial charge in [-0.2, -0.15) is 0 Å². The number of allylic oxidation sites excluding steroid dienone is 1. The predicted molar refractivity (Wildman–Crippen MR) is 131 cm³/mol. The molecule has 0 aliphatic carbocycles. The summed E-state index contributed by atoms with van der Waals surface area (Å²) in [5.74, 6) is -0.406. The number of nitrogens with zero attached hydrogens (tertiary/aromatic N) is 1. The Morgan fingerprint density at radius 3 is 2.56 bits per heavy atom. The number of Topliss-reactive ketones (excluding diaryl/α,β-unsaturated/α-hetero) is 1. The van der Waals surface area contributed by atoms with Gasteiger partial charge in [-0.25, -0.2) is 4.57 Å². The molecule has 1 aliphatic heterocycles. The summed E-state index contributed by atoms with van der Waals surface area (Å²) in [5.41, 5.74) is 0.607. The Labute approximate surface area is 200 Å². The molecule has 3 aromatic rings. The maximum Gasteiger partial charge on any atom is 0.469 e. The van der Waals surface area contributed by atoms with E-state index in [4.69, 9.17) is 21.4 Å². The Hall–Kier alpha value is -2.87. The van der Waals surface area contributed by atoms with Gasteiger partial charge in [0.05, 0.1) is 12.2 Å². The molecular weight excluding hydrogens is 479 g/mol. The number of hydrogen-bond donors (Lipinski definition) is 3. The van der Waals surface area contributed by atoms with Crippen LogP contribution in [0.2, 0.25) is 5.02 Å². The Balaban J connectivity index is 1.61. The minimum absolute atomic E-state index is 0.00662. The van der Waals surface area contributed by atoms with Gasteiger partial charge in [0.1, 0.15) is 5.54 Å². The third-order valence-electron chi connectivity index (χ3n) is 5.60. The molecule has 1 atom stereocenters. The van der Waals surface area contributed by atoms with Crippen LogP contribution < -0.4 is 5.43 Å². The van der Waals surface area contributed by atoms with Crippen LogP contribution in [-0.4, -0.2) is 38.9 Å². The number of benzene rings is 2. The summed E-state index contributed by atoms with van der Waals surface area (Å²) < 4.78 is 15.3. The van der Waals surface area contributed by atoms with E-state index in [2.05, 4.69) is 14.5 Å². The second-order valence-electron chi connectivity index (χ2n) is 8.03. The number of aryl methyl sites for hydroxylation is 1. The van der Waals surface area contributed by atoms with Crippen molar-refractivity contribution in [2.24, 2.45) is 4.99 Å². The molecule has 4 rings (SSSR count). The molecule has 0 radical (unpaired) electrons. The zero-order valence-corrected chi connectivity index (χ0v) is 19.6. The van der Waals surface area contributed by atoms with Crippen LogP contribution in [0.1, 0.15) is 27.9 Å². The lowest BCUT2D eigenvalue weighted by atomic mass is 9.84. The van der Waals surface area contributed by atoms with E-state index in [1.807, 2.05) is 18.2 Å². The Kier molecular flexibility index (Phi) is 6.98.